The molecule has 0 radical (unpaired) electrons. The smallest absolute Gasteiger partial charge is 0.217 e. The number of nitrogens with zero attached hydrogens (tertiary/aromatic N) is 6. The summed E-state index contributed by atoms with van der Waals surface area (Å²) >= 11 is 1.41. The molecule has 1 saturated carbocycles. The normalized spacial score (nSPS) is 17.2. The number of aromatic nitrogens is 6. The number of nitrogens with two attached hydrogens (primary N) is 1. The van der Waals surface area contributed by atoms with Gasteiger partial charge in [0.2, 0.25) is 5.16 Å². The standard InChI is InChI=1S/C13H19N7S/c1-9(14)6-10-7-15-12(16-8-10)21-13-17-18-19-20(13)11-4-2-3-5-11/h7-9,11H,2-6,14H2,1H3. The van der Waals surface area contributed by atoms with Gasteiger partial charge >= 0.3 is 0 Å². The van der Waals surface area contributed by atoms with Crippen LogP contribution in [0.2, 0.25) is 0 Å². The lowest BCUT2D eigenvalue weighted by atomic mass is 10.1. The highest BCUT2D eigenvalue weighted by Crippen LogP contribution is 2.32. The molecule has 0 amide bonds. The molecule has 0 spiro atoms. The first-order chi connectivity index (χ1) is 10.2. The quantitative estimate of drug-likeness (QED) is 0.838. The Balaban J connectivity index is 1.70. The third-order valence-electron chi connectivity index (χ3n) is 3.56. The van der Waals surface area contributed by atoms with Crippen LogP contribution >= 0.6 is 11.8 Å². The van der Waals surface area contributed by atoms with Gasteiger partial charge in [0.1, 0.15) is 0 Å². The molecule has 0 aromatic carbocycles. The van der Waals surface area contributed by atoms with Crippen molar-refractivity contribution in [2.24, 2.45) is 5.73 Å². The van der Waals surface area contributed by atoms with Crippen molar-refractivity contribution in [2.45, 2.75) is 61.4 Å². The van der Waals surface area contributed by atoms with Gasteiger partial charge in [-0.2, -0.15) is 0 Å². The van der Waals surface area contributed by atoms with E-state index in [9.17, 15) is 0 Å². The van der Waals surface area contributed by atoms with E-state index in [1.54, 1.807) is 0 Å². The van der Waals surface area contributed by atoms with Crippen molar-refractivity contribution in [1.29, 1.82) is 0 Å². The van der Waals surface area contributed by atoms with Gasteiger partial charge in [-0.15, -0.1) is 5.10 Å². The van der Waals surface area contributed by atoms with Gasteiger partial charge in [-0.25, -0.2) is 14.6 Å². The molecule has 1 atom stereocenters. The lowest BCUT2D eigenvalue weighted by Crippen LogP contribution is -2.18. The Bertz CT molecular complexity index is 574. The Hall–Kier alpha value is -1.54. The van der Waals surface area contributed by atoms with E-state index in [2.05, 4.69) is 25.5 Å². The highest BCUT2D eigenvalue weighted by Gasteiger charge is 2.22. The number of hydrogen-bond donors (Lipinski definition) is 1. The molecule has 0 bridgehead atoms. The summed E-state index contributed by atoms with van der Waals surface area (Å²) in [5.41, 5.74) is 6.82. The maximum atomic E-state index is 5.77. The average Bonchev–Trinajstić information content (AvgIpc) is 3.11. The molecular formula is C13H19N7S. The lowest BCUT2D eigenvalue weighted by molar-refractivity contribution is 0.423. The first-order valence-corrected chi connectivity index (χ1v) is 8.06. The zero-order chi connectivity index (χ0) is 14.7. The van der Waals surface area contributed by atoms with Crippen molar-refractivity contribution in [2.75, 3.05) is 0 Å². The van der Waals surface area contributed by atoms with E-state index < -0.39 is 0 Å². The summed E-state index contributed by atoms with van der Waals surface area (Å²) in [4.78, 5) is 8.72. The molecule has 8 heteroatoms. The minimum atomic E-state index is 0.113. The van der Waals surface area contributed by atoms with Gasteiger partial charge in [0.25, 0.3) is 0 Å². The first kappa shape index (κ1) is 14.4. The molecule has 1 fully saturated rings. The third-order valence-corrected chi connectivity index (χ3v) is 4.40. The van der Waals surface area contributed by atoms with Crippen LogP contribution < -0.4 is 5.73 Å². The SMILES string of the molecule is CC(N)Cc1cnc(Sc2nnnn2C2CCCC2)nc1. The Morgan fingerprint density at radius 1 is 1.33 bits per heavy atom. The summed E-state index contributed by atoms with van der Waals surface area (Å²) in [6, 6.07) is 0.529. The molecule has 0 saturated heterocycles. The minimum Gasteiger partial charge on any atom is -0.328 e. The van der Waals surface area contributed by atoms with E-state index in [4.69, 9.17) is 5.73 Å². The maximum Gasteiger partial charge on any atom is 0.217 e. The van der Waals surface area contributed by atoms with Gasteiger partial charge in [-0.05, 0) is 53.9 Å². The molecule has 112 valence electrons. The van der Waals surface area contributed by atoms with E-state index in [1.807, 2.05) is 24.0 Å². The fourth-order valence-corrected chi connectivity index (χ4v) is 3.32. The molecular weight excluding hydrogens is 286 g/mol. The van der Waals surface area contributed by atoms with Crippen molar-refractivity contribution >= 4 is 11.8 Å². The van der Waals surface area contributed by atoms with Crippen LogP contribution in [0.5, 0.6) is 0 Å². The van der Waals surface area contributed by atoms with Gasteiger partial charge in [0, 0.05) is 18.4 Å². The molecule has 2 heterocycles. The second kappa shape index (κ2) is 6.48. The van der Waals surface area contributed by atoms with E-state index in [0.29, 0.717) is 11.2 Å². The van der Waals surface area contributed by atoms with E-state index in [0.717, 1.165) is 30.0 Å². The van der Waals surface area contributed by atoms with Gasteiger partial charge < -0.3 is 5.73 Å². The zero-order valence-corrected chi connectivity index (χ0v) is 12.8. The van der Waals surface area contributed by atoms with Crippen LogP contribution in [0.1, 0.15) is 44.2 Å². The van der Waals surface area contributed by atoms with Crippen molar-refractivity contribution in [3.05, 3.63) is 18.0 Å². The second-order valence-electron chi connectivity index (χ2n) is 5.50. The Morgan fingerprint density at radius 3 is 2.71 bits per heavy atom. The number of hydrogen-bond acceptors (Lipinski definition) is 7. The van der Waals surface area contributed by atoms with Crippen molar-refractivity contribution < 1.29 is 0 Å². The van der Waals surface area contributed by atoms with Gasteiger partial charge in [0.15, 0.2) is 5.16 Å². The maximum absolute atomic E-state index is 5.77. The first-order valence-electron chi connectivity index (χ1n) is 7.24. The van der Waals surface area contributed by atoms with Gasteiger partial charge in [-0.1, -0.05) is 12.8 Å². The van der Waals surface area contributed by atoms with Crippen LogP contribution in [-0.2, 0) is 6.42 Å². The highest BCUT2D eigenvalue weighted by molar-refractivity contribution is 7.99. The number of tetrazole rings is 1. The zero-order valence-electron chi connectivity index (χ0n) is 12.0. The molecule has 1 aliphatic rings. The van der Waals surface area contributed by atoms with E-state index in [-0.39, 0.29) is 6.04 Å². The fraction of sp³-hybridized carbons (Fsp3) is 0.615. The molecule has 2 aromatic heterocycles. The van der Waals surface area contributed by atoms with Crippen molar-refractivity contribution in [3.8, 4) is 0 Å². The summed E-state index contributed by atoms with van der Waals surface area (Å²) in [7, 11) is 0. The molecule has 1 aliphatic carbocycles. The number of rotatable bonds is 5. The van der Waals surface area contributed by atoms with Crippen molar-refractivity contribution in [3.63, 3.8) is 0 Å². The van der Waals surface area contributed by atoms with Crippen LogP contribution in [0.25, 0.3) is 0 Å². The van der Waals surface area contributed by atoms with E-state index in [1.165, 1.54) is 24.6 Å². The lowest BCUT2D eigenvalue weighted by Gasteiger charge is -2.10. The van der Waals surface area contributed by atoms with Gasteiger partial charge in [-0.3, -0.25) is 0 Å². The van der Waals surface area contributed by atoms with Crippen LogP contribution in [0, 0.1) is 0 Å². The Kier molecular flexibility index (Phi) is 4.45. The second-order valence-corrected chi connectivity index (χ2v) is 6.44. The molecule has 0 aliphatic heterocycles. The molecule has 2 aromatic rings. The molecule has 21 heavy (non-hydrogen) atoms. The monoisotopic (exact) mass is 305 g/mol. The average molecular weight is 305 g/mol. The van der Waals surface area contributed by atoms with Crippen LogP contribution in [-0.4, -0.2) is 36.2 Å². The summed E-state index contributed by atoms with van der Waals surface area (Å²) in [6.07, 6.45) is 9.21. The largest absolute Gasteiger partial charge is 0.328 e. The van der Waals surface area contributed by atoms with Crippen LogP contribution in [0.4, 0.5) is 0 Å². The third kappa shape index (κ3) is 3.56. The fourth-order valence-electron chi connectivity index (χ4n) is 2.59. The predicted molar refractivity (Wildman–Crippen MR) is 78.8 cm³/mol. The summed E-state index contributed by atoms with van der Waals surface area (Å²) in [6.45, 7) is 1.97. The van der Waals surface area contributed by atoms with Gasteiger partial charge in [0.05, 0.1) is 6.04 Å². The summed E-state index contributed by atoms with van der Waals surface area (Å²) in [5, 5.41) is 13.4. The van der Waals surface area contributed by atoms with Crippen LogP contribution in [0.3, 0.4) is 0 Å². The summed E-state index contributed by atoms with van der Waals surface area (Å²) in [5.74, 6) is 0. The summed E-state index contributed by atoms with van der Waals surface area (Å²) < 4.78 is 1.91. The molecule has 3 rings (SSSR count). The molecule has 7 nitrogen and oxygen atoms in total. The van der Waals surface area contributed by atoms with E-state index >= 15 is 0 Å². The van der Waals surface area contributed by atoms with Crippen LogP contribution in [0.15, 0.2) is 22.7 Å². The predicted octanol–water partition coefficient (Wildman–Crippen LogP) is 1.62. The molecule has 1 unspecified atom stereocenters. The topological polar surface area (TPSA) is 95.4 Å². The minimum absolute atomic E-state index is 0.113. The Labute approximate surface area is 127 Å². The Morgan fingerprint density at radius 2 is 2.05 bits per heavy atom. The highest BCUT2D eigenvalue weighted by atomic mass is 32.2. The van der Waals surface area contributed by atoms with Crippen molar-refractivity contribution in [1.82, 2.24) is 30.2 Å². The molecule has 2 N–H and O–H groups in total.